The van der Waals surface area contributed by atoms with Gasteiger partial charge in [-0.2, -0.15) is 0 Å². The van der Waals surface area contributed by atoms with Crippen LogP contribution in [0.15, 0.2) is 0 Å². The molecule has 0 unspecified atom stereocenters. The van der Waals surface area contributed by atoms with E-state index >= 15 is 0 Å². The van der Waals surface area contributed by atoms with Crippen LogP contribution < -0.4 is 5.73 Å². The number of anilines is 1. The quantitative estimate of drug-likeness (QED) is 0.631. The average Bonchev–Trinajstić information content (AvgIpc) is 2.24. The third-order valence-corrected chi connectivity index (χ3v) is 2.90. The van der Waals surface area contributed by atoms with Gasteiger partial charge in [0.1, 0.15) is 0 Å². The number of hydrogen-bond donors (Lipinski definition) is 1. The Bertz CT molecular complexity index is 332. The molecular weight excluding hydrogens is 314 g/mol. The summed E-state index contributed by atoms with van der Waals surface area (Å²) in [5.74, 6) is -0.403. The number of pyridine rings is 1. The van der Waals surface area contributed by atoms with Crippen LogP contribution in [0.1, 0.15) is 11.4 Å². The number of rotatable bonds is 1. The molecule has 0 atom stereocenters. The molecule has 1 heterocycles. The lowest BCUT2D eigenvalue weighted by Crippen LogP contribution is -2.02. The summed E-state index contributed by atoms with van der Waals surface area (Å²) in [5, 5.41) is 0. The van der Waals surface area contributed by atoms with Gasteiger partial charge in [0.2, 0.25) is 0 Å². The van der Waals surface area contributed by atoms with Crippen molar-refractivity contribution in [3.63, 3.8) is 0 Å². The Morgan fingerprint density at radius 2 is 1.93 bits per heavy atom. The van der Waals surface area contributed by atoms with Crippen molar-refractivity contribution in [2.75, 3.05) is 12.8 Å². The minimum absolute atomic E-state index is 0.204. The van der Waals surface area contributed by atoms with Crippen molar-refractivity contribution in [1.82, 2.24) is 4.98 Å². The standard InChI is InChI=1S/C7H8FIN2.C2H4O2/c1-3-5(8)7(10)6(9)4(2)11-3;1-4-2-3/h1-2H3,(H2,10,11);2H,1H3. The monoisotopic (exact) mass is 326 g/mol. The fourth-order valence-corrected chi connectivity index (χ4v) is 1.19. The Kier molecular flexibility index (Phi) is 6.14. The lowest BCUT2D eigenvalue weighted by atomic mass is 10.3. The predicted octanol–water partition coefficient (Wildman–Crippen LogP) is 1.81. The van der Waals surface area contributed by atoms with E-state index in [2.05, 4.69) is 9.72 Å². The topological polar surface area (TPSA) is 65.2 Å². The second-order valence-electron chi connectivity index (χ2n) is 2.66. The Balaban J connectivity index is 0.000000423. The first-order valence-corrected chi connectivity index (χ1v) is 5.07. The molecule has 1 rings (SSSR count). The Labute approximate surface area is 101 Å². The van der Waals surface area contributed by atoms with Gasteiger partial charge in [0.15, 0.2) is 5.82 Å². The summed E-state index contributed by atoms with van der Waals surface area (Å²) in [6.07, 6.45) is 0. The van der Waals surface area contributed by atoms with Gasteiger partial charge in [-0.05, 0) is 36.4 Å². The summed E-state index contributed by atoms with van der Waals surface area (Å²) < 4.78 is 17.5. The summed E-state index contributed by atoms with van der Waals surface area (Å²) in [4.78, 5) is 12.9. The van der Waals surface area contributed by atoms with Gasteiger partial charge in [-0.1, -0.05) is 0 Å². The molecule has 4 nitrogen and oxygen atoms in total. The van der Waals surface area contributed by atoms with Crippen LogP contribution in [0.3, 0.4) is 0 Å². The van der Waals surface area contributed by atoms with Crippen molar-refractivity contribution in [3.8, 4) is 0 Å². The van der Waals surface area contributed by atoms with Crippen LogP contribution in [-0.4, -0.2) is 18.6 Å². The number of aryl methyl sites for hydroxylation is 2. The number of methoxy groups -OCH3 is 1. The number of carbonyl (C=O) groups is 1. The number of nitrogens with two attached hydrogens (primary N) is 1. The van der Waals surface area contributed by atoms with Gasteiger partial charge in [-0.15, -0.1) is 0 Å². The first-order chi connectivity index (χ1) is 6.95. The van der Waals surface area contributed by atoms with E-state index in [0.717, 1.165) is 5.69 Å². The fraction of sp³-hybridized carbons (Fsp3) is 0.333. The van der Waals surface area contributed by atoms with E-state index in [4.69, 9.17) is 10.5 Å². The molecule has 0 bridgehead atoms. The van der Waals surface area contributed by atoms with Gasteiger partial charge in [0.05, 0.1) is 27.8 Å². The van der Waals surface area contributed by atoms with Crippen molar-refractivity contribution < 1.29 is 13.9 Å². The van der Waals surface area contributed by atoms with Crippen molar-refractivity contribution in [2.24, 2.45) is 0 Å². The summed E-state index contributed by atoms with van der Waals surface area (Å²) in [6, 6.07) is 0. The normalized spacial score (nSPS) is 8.87. The predicted molar refractivity (Wildman–Crippen MR) is 63.9 cm³/mol. The van der Waals surface area contributed by atoms with Gasteiger partial charge in [0.25, 0.3) is 6.47 Å². The van der Waals surface area contributed by atoms with Crippen LogP contribution >= 0.6 is 22.6 Å². The van der Waals surface area contributed by atoms with Gasteiger partial charge in [-0.25, -0.2) is 4.39 Å². The number of nitrogen functional groups attached to an aromatic ring is 1. The number of halogens is 2. The third kappa shape index (κ3) is 3.98. The first-order valence-electron chi connectivity index (χ1n) is 3.99. The maximum Gasteiger partial charge on any atom is 0.292 e. The van der Waals surface area contributed by atoms with E-state index in [1.165, 1.54) is 7.11 Å². The minimum atomic E-state index is -0.403. The maximum atomic E-state index is 13.0. The summed E-state index contributed by atoms with van der Waals surface area (Å²) >= 11 is 1.98. The number of aromatic nitrogens is 1. The van der Waals surface area contributed by atoms with Crippen molar-refractivity contribution in [1.29, 1.82) is 0 Å². The van der Waals surface area contributed by atoms with Crippen LogP contribution in [0.25, 0.3) is 0 Å². The fourth-order valence-electron chi connectivity index (χ4n) is 0.836. The zero-order valence-electron chi connectivity index (χ0n) is 8.67. The molecule has 0 aliphatic heterocycles. The van der Waals surface area contributed by atoms with Crippen molar-refractivity contribution in [2.45, 2.75) is 13.8 Å². The van der Waals surface area contributed by atoms with Crippen LogP contribution in [-0.2, 0) is 9.53 Å². The molecule has 84 valence electrons. The second kappa shape index (κ2) is 6.54. The largest absolute Gasteiger partial charge is 0.471 e. The molecule has 6 heteroatoms. The molecule has 0 aliphatic rings. The molecule has 0 aliphatic carbocycles. The number of hydrogen-bond acceptors (Lipinski definition) is 4. The zero-order chi connectivity index (χ0) is 12.0. The molecule has 1 aromatic rings. The van der Waals surface area contributed by atoms with E-state index in [9.17, 15) is 4.39 Å². The molecule has 0 fully saturated rings. The lowest BCUT2D eigenvalue weighted by Gasteiger charge is -2.04. The maximum absolute atomic E-state index is 13.0. The highest BCUT2D eigenvalue weighted by Gasteiger charge is 2.09. The van der Waals surface area contributed by atoms with E-state index < -0.39 is 5.82 Å². The Hall–Kier alpha value is -0.920. The average molecular weight is 326 g/mol. The van der Waals surface area contributed by atoms with Crippen LogP contribution in [0.4, 0.5) is 10.1 Å². The molecule has 0 radical (unpaired) electrons. The molecule has 0 spiro atoms. The van der Waals surface area contributed by atoms with E-state index in [1.807, 2.05) is 29.5 Å². The molecule has 0 amide bonds. The number of nitrogens with zero attached hydrogens (tertiary/aromatic N) is 1. The molecule has 0 saturated carbocycles. The third-order valence-electron chi connectivity index (χ3n) is 1.54. The minimum Gasteiger partial charge on any atom is -0.471 e. The van der Waals surface area contributed by atoms with Crippen molar-refractivity contribution in [3.05, 3.63) is 20.8 Å². The van der Waals surface area contributed by atoms with Gasteiger partial charge in [-0.3, -0.25) is 9.78 Å². The molecule has 1 aromatic heterocycles. The molecule has 15 heavy (non-hydrogen) atoms. The smallest absolute Gasteiger partial charge is 0.292 e. The number of ether oxygens (including phenoxy) is 1. The molecule has 0 aromatic carbocycles. The highest BCUT2D eigenvalue weighted by Crippen LogP contribution is 2.22. The SMILES string of the molecule is COC=O.Cc1nc(C)c(I)c(N)c1F. The highest BCUT2D eigenvalue weighted by atomic mass is 127. The van der Waals surface area contributed by atoms with E-state index in [-0.39, 0.29) is 5.69 Å². The molecular formula is C9H12FIN2O2. The van der Waals surface area contributed by atoms with E-state index in [0.29, 0.717) is 15.7 Å². The second-order valence-corrected chi connectivity index (χ2v) is 3.73. The summed E-state index contributed by atoms with van der Waals surface area (Å²) in [7, 11) is 1.31. The van der Waals surface area contributed by atoms with Gasteiger partial charge >= 0.3 is 0 Å². The zero-order valence-corrected chi connectivity index (χ0v) is 10.8. The van der Waals surface area contributed by atoms with Crippen LogP contribution in [0.5, 0.6) is 0 Å². The highest BCUT2D eigenvalue weighted by molar-refractivity contribution is 14.1. The Morgan fingerprint density at radius 3 is 2.33 bits per heavy atom. The van der Waals surface area contributed by atoms with Crippen LogP contribution in [0.2, 0.25) is 0 Å². The molecule has 2 N–H and O–H groups in total. The van der Waals surface area contributed by atoms with Gasteiger partial charge < -0.3 is 10.5 Å². The summed E-state index contributed by atoms with van der Waals surface area (Å²) in [5.41, 5.74) is 6.81. The molecule has 0 saturated heterocycles. The van der Waals surface area contributed by atoms with Crippen molar-refractivity contribution >= 4 is 34.8 Å². The van der Waals surface area contributed by atoms with E-state index in [1.54, 1.807) is 6.92 Å². The first kappa shape index (κ1) is 14.1. The van der Waals surface area contributed by atoms with Gasteiger partial charge in [0, 0.05) is 0 Å². The van der Waals surface area contributed by atoms with Crippen LogP contribution in [0, 0.1) is 23.2 Å². The Morgan fingerprint density at radius 1 is 1.47 bits per heavy atom. The lowest BCUT2D eigenvalue weighted by molar-refractivity contribution is -0.126. The summed E-state index contributed by atoms with van der Waals surface area (Å²) in [6.45, 7) is 3.79. The number of carbonyl (C=O) groups excluding carboxylic acids is 1.